The second kappa shape index (κ2) is 13.3. The molecule has 2 aliphatic rings. The summed E-state index contributed by atoms with van der Waals surface area (Å²) in [5.41, 5.74) is 2.11. The summed E-state index contributed by atoms with van der Waals surface area (Å²) in [5.74, 6) is 1.85. The number of amides is 2. The van der Waals surface area contributed by atoms with Gasteiger partial charge in [-0.25, -0.2) is 0 Å². The summed E-state index contributed by atoms with van der Waals surface area (Å²) in [7, 11) is 3.04. The largest absolute Gasteiger partial charge is 0.497 e. The van der Waals surface area contributed by atoms with Crippen molar-refractivity contribution in [1.29, 1.82) is 0 Å². The van der Waals surface area contributed by atoms with E-state index in [-0.39, 0.29) is 42.0 Å². The van der Waals surface area contributed by atoms with Gasteiger partial charge in [-0.1, -0.05) is 44.2 Å². The number of benzene rings is 3. The number of rotatable bonds is 10. The van der Waals surface area contributed by atoms with Gasteiger partial charge in [0.1, 0.15) is 17.0 Å². The number of halogens is 3. The zero-order valence-corrected chi connectivity index (χ0v) is 29.2. The van der Waals surface area contributed by atoms with E-state index in [0.717, 1.165) is 28.7 Å². The molecular formula is C38H42F3N3O4S. The predicted molar refractivity (Wildman–Crippen MR) is 187 cm³/mol. The van der Waals surface area contributed by atoms with Crippen LogP contribution in [0, 0.1) is 18.3 Å². The summed E-state index contributed by atoms with van der Waals surface area (Å²) >= 11 is 1.71. The van der Waals surface area contributed by atoms with E-state index in [4.69, 9.17) is 9.47 Å². The van der Waals surface area contributed by atoms with Crippen LogP contribution in [0.2, 0.25) is 0 Å². The van der Waals surface area contributed by atoms with Gasteiger partial charge in [0.25, 0.3) is 5.91 Å². The van der Waals surface area contributed by atoms with Gasteiger partial charge < -0.3 is 24.7 Å². The molecule has 2 atom stereocenters. The summed E-state index contributed by atoms with van der Waals surface area (Å²) in [4.78, 5) is 34.4. The molecule has 2 fully saturated rings. The standard InChI is InChI=1S/C38H42F3N3O4S/c1-23-33(27-8-6-7-9-29(27)42-23)34-28(36(34,2)3)21-32(45)44(22-24-10-12-25(13-11-24)38(39,40)41)37(16-18-49-19-17-37)35(46)43-30-15-14-26(47-4)20-31(30)48-5/h6-15,20,28,34,42H,16-19,21-22H2,1-5H3,(H,43,46)/t28-,34-/m1/s1. The first-order valence-electron chi connectivity index (χ1n) is 16.4. The lowest BCUT2D eigenvalue weighted by Crippen LogP contribution is -2.60. The Balaban J connectivity index is 1.36. The van der Waals surface area contributed by atoms with Gasteiger partial charge in [-0.2, -0.15) is 24.9 Å². The number of alkyl halides is 3. The van der Waals surface area contributed by atoms with Crippen LogP contribution in [0.3, 0.4) is 0 Å². The van der Waals surface area contributed by atoms with Crippen molar-refractivity contribution < 1.29 is 32.2 Å². The number of nitrogens with one attached hydrogen (secondary N) is 2. The molecule has 0 spiro atoms. The number of carbonyl (C=O) groups excluding carboxylic acids is 2. The van der Waals surface area contributed by atoms with Crippen LogP contribution in [-0.4, -0.2) is 53.0 Å². The maximum atomic E-state index is 14.8. The SMILES string of the molecule is COc1ccc(NC(=O)C2(N(Cc3ccc(C(F)(F)F)cc3)C(=O)C[C@@H]3[C@H](c4c(C)[nH]c5ccccc45)C3(C)C)CCSCC2)c(OC)c1. The van der Waals surface area contributed by atoms with E-state index in [1.54, 1.807) is 34.9 Å². The summed E-state index contributed by atoms with van der Waals surface area (Å²) in [6, 6.07) is 18.1. The van der Waals surface area contributed by atoms with E-state index < -0.39 is 17.3 Å². The quantitative estimate of drug-likeness (QED) is 0.174. The van der Waals surface area contributed by atoms with Crippen LogP contribution in [0.4, 0.5) is 18.9 Å². The molecule has 0 radical (unpaired) electrons. The number of methoxy groups -OCH3 is 2. The maximum Gasteiger partial charge on any atom is 0.416 e. The number of para-hydroxylation sites is 1. The Morgan fingerprint density at radius 3 is 2.35 bits per heavy atom. The van der Waals surface area contributed by atoms with Gasteiger partial charge >= 0.3 is 6.18 Å². The number of thioether (sulfide) groups is 1. The number of hydrogen-bond donors (Lipinski definition) is 2. The van der Waals surface area contributed by atoms with Crippen molar-refractivity contribution in [3.8, 4) is 11.5 Å². The Morgan fingerprint density at radius 2 is 1.69 bits per heavy atom. The van der Waals surface area contributed by atoms with Crippen LogP contribution >= 0.6 is 11.8 Å². The van der Waals surface area contributed by atoms with Crippen molar-refractivity contribution in [1.82, 2.24) is 9.88 Å². The fourth-order valence-electron chi connectivity index (χ4n) is 7.62. The van der Waals surface area contributed by atoms with Crippen molar-refractivity contribution in [2.24, 2.45) is 11.3 Å². The summed E-state index contributed by atoms with van der Waals surface area (Å²) < 4.78 is 51.2. The molecule has 6 rings (SSSR count). The number of nitrogens with zero attached hydrogens (tertiary/aromatic N) is 1. The average molecular weight is 694 g/mol. The van der Waals surface area contributed by atoms with Gasteiger partial charge in [-0.3, -0.25) is 9.59 Å². The highest BCUT2D eigenvalue weighted by Gasteiger charge is 2.60. The molecule has 4 aromatic rings. The topological polar surface area (TPSA) is 83.7 Å². The van der Waals surface area contributed by atoms with E-state index in [1.807, 2.05) is 12.1 Å². The van der Waals surface area contributed by atoms with Crippen LogP contribution in [0.5, 0.6) is 11.5 Å². The van der Waals surface area contributed by atoms with Gasteiger partial charge in [-0.15, -0.1) is 0 Å². The molecule has 11 heteroatoms. The second-order valence-corrected chi connectivity index (χ2v) is 14.9. The van der Waals surface area contributed by atoms with Crippen LogP contribution in [-0.2, 0) is 22.3 Å². The third-order valence-electron chi connectivity index (χ3n) is 10.5. The molecule has 1 aliphatic heterocycles. The number of fused-ring (bicyclic) bond motifs is 1. The summed E-state index contributed by atoms with van der Waals surface area (Å²) in [6.07, 6.45) is -3.49. The molecule has 2 heterocycles. The highest BCUT2D eigenvalue weighted by atomic mass is 32.2. The van der Waals surface area contributed by atoms with Gasteiger partial charge in [-0.05, 0) is 90.0 Å². The molecule has 1 saturated heterocycles. The maximum absolute atomic E-state index is 14.8. The molecule has 2 amide bonds. The molecule has 0 unspecified atom stereocenters. The number of aromatic nitrogens is 1. The van der Waals surface area contributed by atoms with E-state index in [1.165, 1.54) is 31.9 Å². The smallest absolute Gasteiger partial charge is 0.416 e. The minimum absolute atomic E-state index is 0.00126. The Kier molecular flexibility index (Phi) is 9.43. The first-order chi connectivity index (χ1) is 23.3. The van der Waals surface area contributed by atoms with Crippen LogP contribution in [0.1, 0.15) is 61.4 Å². The Hall–Kier alpha value is -4.12. The molecule has 2 N–H and O–H groups in total. The van der Waals surface area contributed by atoms with Gasteiger partial charge in [0.05, 0.1) is 25.5 Å². The molecule has 49 heavy (non-hydrogen) atoms. The molecule has 1 aromatic heterocycles. The number of anilines is 1. The fourth-order valence-corrected chi connectivity index (χ4v) is 8.79. The Bertz CT molecular complexity index is 1850. The van der Waals surface area contributed by atoms with Gasteiger partial charge in [0, 0.05) is 35.6 Å². The van der Waals surface area contributed by atoms with Crippen molar-refractivity contribution >= 4 is 40.2 Å². The zero-order chi connectivity index (χ0) is 35.1. The summed E-state index contributed by atoms with van der Waals surface area (Å²) in [6.45, 7) is 6.41. The normalized spacial score (nSPS) is 19.7. The number of ether oxygens (including phenoxy) is 2. The molecule has 7 nitrogen and oxygen atoms in total. The van der Waals surface area contributed by atoms with Crippen molar-refractivity contribution in [2.45, 2.75) is 64.2 Å². The fraction of sp³-hybridized carbons (Fsp3) is 0.421. The van der Waals surface area contributed by atoms with E-state index in [0.29, 0.717) is 47.1 Å². The van der Waals surface area contributed by atoms with E-state index >= 15 is 0 Å². The lowest BCUT2D eigenvalue weighted by Gasteiger charge is -2.45. The lowest BCUT2D eigenvalue weighted by atomic mass is 9.87. The Morgan fingerprint density at radius 1 is 1.00 bits per heavy atom. The van der Waals surface area contributed by atoms with Crippen LogP contribution in [0.25, 0.3) is 10.9 Å². The first kappa shape index (κ1) is 34.7. The molecule has 3 aromatic carbocycles. The predicted octanol–water partition coefficient (Wildman–Crippen LogP) is 8.58. The van der Waals surface area contributed by atoms with E-state index in [9.17, 15) is 22.8 Å². The lowest BCUT2D eigenvalue weighted by molar-refractivity contribution is -0.147. The summed E-state index contributed by atoms with van der Waals surface area (Å²) in [5, 5.41) is 4.18. The average Bonchev–Trinajstić information content (AvgIpc) is 3.43. The molecule has 0 bridgehead atoms. The molecular weight excluding hydrogens is 651 g/mol. The third kappa shape index (κ3) is 6.61. The van der Waals surface area contributed by atoms with Crippen LogP contribution < -0.4 is 14.8 Å². The third-order valence-corrected chi connectivity index (χ3v) is 11.5. The van der Waals surface area contributed by atoms with Gasteiger partial charge in [0.2, 0.25) is 5.91 Å². The molecule has 1 aliphatic carbocycles. The second-order valence-electron chi connectivity index (χ2n) is 13.7. The number of aromatic amines is 1. The number of aryl methyl sites for hydroxylation is 1. The van der Waals surface area contributed by atoms with Gasteiger partial charge in [0.15, 0.2) is 0 Å². The van der Waals surface area contributed by atoms with Crippen molar-refractivity contribution in [2.75, 3.05) is 31.0 Å². The molecule has 260 valence electrons. The highest BCUT2D eigenvalue weighted by molar-refractivity contribution is 7.99. The Labute approximate surface area is 288 Å². The monoisotopic (exact) mass is 693 g/mol. The number of H-pyrrole nitrogens is 1. The van der Waals surface area contributed by atoms with Crippen LogP contribution in [0.15, 0.2) is 66.7 Å². The first-order valence-corrected chi connectivity index (χ1v) is 17.6. The van der Waals surface area contributed by atoms with Crippen molar-refractivity contribution in [3.63, 3.8) is 0 Å². The minimum atomic E-state index is -4.49. The number of carbonyl (C=O) groups is 2. The van der Waals surface area contributed by atoms with E-state index in [2.05, 4.69) is 43.2 Å². The zero-order valence-electron chi connectivity index (χ0n) is 28.4. The minimum Gasteiger partial charge on any atom is -0.497 e. The highest BCUT2D eigenvalue weighted by Crippen LogP contribution is 2.67. The molecule has 1 saturated carbocycles. The number of hydrogen-bond acceptors (Lipinski definition) is 5. The van der Waals surface area contributed by atoms with Crippen molar-refractivity contribution in [3.05, 3.63) is 89.1 Å².